The van der Waals surface area contributed by atoms with Crippen molar-refractivity contribution in [1.29, 1.82) is 0 Å². The molecule has 1 amide bonds. The number of amides is 1. The predicted molar refractivity (Wildman–Crippen MR) is 106 cm³/mol. The Kier molecular flexibility index (Phi) is 4.71. The van der Waals surface area contributed by atoms with Crippen molar-refractivity contribution in [2.24, 2.45) is 0 Å². The predicted octanol–water partition coefficient (Wildman–Crippen LogP) is 3.78. The molecular weight excluding hydrogens is 342 g/mol. The molecule has 1 aliphatic rings. The molecule has 1 aromatic heterocycles. The molecular formula is C21H23N3O3. The molecule has 140 valence electrons. The molecule has 0 radical (unpaired) electrons. The Balaban J connectivity index is 1.49. The van der Waals surface area contributed by atoms with Gasteiger partial charge in [0.25, 0.3) is 0 Å². The summed E-state index contributed by atoms with van der Waals surface area (Å²) in [5, 5.41) is 2.89. The van der Waals surface area contributed by atoms with Crippen molar-refractivity contribution in [2.75, 3.05) is 23.3 Å². The minimum Gasteiger partial charge on any atom is -0.408 e. The SMILES string of the molecule is CC(C(=O)Nc1ccc(N2CCCCC2)cc1)n1c(=O)oc2ccccc21. The van der Waals surface area contributed by atoms with Gasteiger partial charge in [0, 0.05) is 24.5 Å². The van der Waals surface area contributed by atoms with Gasteiger partial charge in [-0.05, 0) is 62.6 Å². The molecule has 1 saturated heterocycles. The quantitative estimate of drug-likeness (QED) is 0.764. The van der Waals surface area contributed by atoms with Gasteiger partial charge < -0.3 is 14.6 Å². The minimum absolute atomic E-state index is 0.255. The normalized spacial score (nSPS) is 15.7. The standard InChI is InChI=1S/C21H23N3O3/c1-15(24-18-7-3-4-8-19(18)27-21(24)26)20(25)22-16-9-11-17(12-10-16)23-13-5-2-6-14-23/h3-4,7-12,15H,2,5-6,13-14H2,1H3,(H,22,25). The fourth-order valence-electron chi connectivity index (χ4n) is 3.62. The Morgan fingerprint density at radius 3 is 2.48 bits per heavy atom. The Hall–Kier alpha value is -3.02. The molecule has 3 aromatic rings. The summed E-state index contributed by atoms with van der Waals surface area (Å²) < 4.78 is 6.61. The van der Waals surface area contributed by atoms with Gasteiger partial charge in [0.15, 0.2) is 5.58 Å². The van der Waals surface area contributed by atoms with Crippen LogP contribution in [0.1, 0.15) is 32.2 Å². The fraction of sp³-hybridized carbons (Fsp3) is 0.333. The molecule has 1 unspecified atom stereocenters. The van der Waals surface area contributed by atoms with Crippen LogP contribution in [-0.4, -0.2) is 23.6 Å². The highest BCUT2D eigenvalue weighted by molar-refractivity contribution is 5.94. The highest BCUT2D eigenvalue weighted by Gasteiger charge is 2.21. The number of carbonyl (C=O) groups is 1. The second kappa shape index (κ2) is 7.31. The van der Waals surface area contributed by atoms with Crippen LogP contribution in [0.25, 0.3) is 11.1 Å². The lowest BCUT2D eigenvalue weighted by Gasteiger charge is -2.28. The number of carbonyl (C=O) groups excluding carboxylic acids is 1. The highest BCUT2D eigenvalue weighted by Crippen LogP contribution is 2.23. The Labute approximate surface area is 157 Å². The van der Waals surface area contributed by atoms with Crippen LogP contribution in [0.4, 0.5) is 11.4 Å². The molecule has 1 atom stereocenters. The van der Waals surface area contributed by atoms with Gasteiger partial charge >= 0.3 is 5.76 Å². The topological polar surface area (TPSA) is 67.5 Å². The highest BCUT2D eigenvalue weighted by atomic mass is 16.4. The minimum atomic E-state index is -0.678. The van der Waals surface area contributed by atoms with Crippen LogP contribution in [-0.2, 0) is 4.79 Å². The van der Waals surface area contributed by atoms with Gasteiger partial charge in [-0.2, -0.15) is 0 Å². The largest absolute Gasteiger partial charge is 0.420 e. The lowest BCUT2D eigenvalue weighted by atomic mass is 10.1. The maximum absolute atomic E-state index is 12.7. The third-order valence-corrected chi connectivity index (χ3v) is 5.14. The first-order chi connectivity index (χ1) is 13.1. The number of nitrogens with zero attached hydrogens (tertiary/aromatic N) is 2. The number of hydrogen-bond acceptors (Lipinski definition) is 4. The van der Waals surface area contributed by atoms with Gasteiger partial charge in [0.1, 0.15) is 6.04 Å². The van der Waals surface area contributed by atoms with E-state index in [0.717, 1.165) is 13.1 Å². The second-order valence-corrected chi connectivity index (χ2v) is 6.97. The van der Waals surface area contributed by atoms with E-state index < -0.39 is 11.8 Å². The van der Waals surface area contributed by atoms with Gasteiger partial charge in [-0.3, -0.25) is 9.36 Å². The number of oxazole rings is 1. The van der Waals surface area contributed by atoms with E-state index in [2.05, 4.69) is 10.2 Å². The van der Waals surface area contributed by atoms with Crippen molar-refractivity contribution in [3.8, 4) is 0 Å². The summed E-state index contributed by atoms with van der Waals surface area (Å²) in [5.41, 5.74) is 2.99. The third kappa shape index (κ3) is 3.47. The lowest BCUT2D eigenvalue weighted by Crippen LogP contribution is -2.30. The summed E-state index contributed by atoms with van der Waals surface area (Å²) in [6, 6.07) is 14.3. The van der Waals surface area contributed by atoms with Crippen molar-refractivity contribution < 1.29 is 9.21 Å². The molecule has 6 nitrogen and oxygen atoms in total. The zero-order valence-corrected chi connectivity index (χ0v) is 15.4. The molecule has 2 heterocycles. The monoisotopic (exact) mass is 365 g/mol. The van der Waals surface area contributed by atoms with Crippen molar-refractivity contribution in [1.82, 2.24) is 4.57 Å². The first kappa shape index (κ1) is 17.4. The van der Waals surface area contributed by atoms with Crippen LogP contribution in [0.5, 0.6) is 0 Å². The molecule has 6 heteroatoms. The number of fused-ring (bicyclic) bond motifs is 1. The van der Waals surface area contributed by atoms with E-state index in [0.29, 0.717) is 16.8 Å². The lowest BCUT2D eigenvalue weighted by molar-refractivity contribution is -0.118. The van der Waals surface area contributed by atoms with E-state index in [1.165, 1.54) is 29.5 Å². The van der Waals surface area contributed by atoms with Crippen molar-refractivity contribution >= 4 is 28.4 Å². The van der Waals surface area contributed by atoms with Gasteiger partial charge in [0.05, 0.1) is 5.52 Å². The van der Waals surface area contributed by atoms with E-state index >= 15 is 0 Å². The summed E-state index contributed by atoms with van der Waals surface area (Å²) in [4.78, 5) is 27.2. The third-order valence-electron chi connectivity index (χ3n) is 5.14. The summed E-state index contributed by atoms with van der Waals surface area (Å²) in [6.07, 6.45) is 3.75. The second-order valence-electron chi connectivity index (χ2n) is 6.97. The number of nitrogens with one attached hydrogen (secondary N) is 1. The number of hydrogen-bond donors (Lipinski definition) is 1. The van der Waals surface area contributed by atoms with Crippen LogP contribution < -0.4 is 16.0 Å². The molecule has 0 aliphatic carbocycles. The van der Waals surface area contributed by atoms with Crippen molar-refractivity contribution in [3.63, 3.8) is 0 Å². The van der Waals surface area contributed by atoms with E-state index in [9.17, 15) is 9.59 Å². The van der Waals surface area contributed by atoms with E-state index in [4.69, 9.17) is 4.42 Å². The first-order valence-corrected chi connectivity index (χ1v) is 9.39. The van der Waals surface area contributed by atoms with E-state index in [1.807, 2.05) is 30.3 Å². The molecule has 4 rings (SSSR count). The zero-order chi connectivity index (χ0) is 18.8. The molecule has 1 fully saturated rings. The van der Waals surface area contributed by atoms with Crippen molar-refractivity contribution in [3.05, 3.63) is 59.1 Å². The average molecular weight is 365 g/mol. The molecule has 0 spiro atoms. The number of benzene rings is 2. The molecule has 27 heavy (non-hydrogen) atoms. The Morgan fingerprint density at radius 1 is 1.04 bits per heavy atom. The van der Waals surface area contributed by atoms with Crippen molar-refractivity contribution in [2.45, 2.75) is 32.2 Å². The molecule has 0 bridgehead atoms. The number of anilines is 2. The average Bonchev–Trinajstić information content (AvgIpc) is 3.04. The number of para-hydroxylation sites is 2. The molecule has 2 aromatic carbocycles. The van der Waals surface area contributed by atoms with Gasteiger partial charge in [-0.15, -0.1) is 0 Å². The Bertz CT molecular complexity index is 997. The van der Waals surface area contributed by atoms with Gasteiger partial charge in [0.2, 0.25) is 5.91 Å². The summed E-state index contributed by atoms with van der Waals surface area (Å²) in [6.45, 7) is 3.86. The number of rotatable bonds is 4. The maximum Gasteiger partial charge on any atom is 0.420 e. The zero-order valence-electron chi connectivity index (χ0n) is 15.4. The first-order valence-electron chi connectivity index (χ1n) is 9.39. The Morgan fingerprint density at radius 2 is 1.74 bits per heavy atom. The summed E-state index contributed by atoms with van der Waals surface area (Å²) in [7, 11) is 0. The maximum atomic E-state index is 12.7. The van der Waals surface area contributed by atoms with E-state index in [-0.39, 0.29) is 5.91 Å². The van der Waals surface area contributed by atoms with E-state index in [1.54, 1.807) is 25.1 Å². The molecule has 0 saturated carbocycles. The van der Waals surface area contributed by atoms with Gasteiger partial charge in [-0.1, -0.05) is 12.1 Å². The van der Waals surface area contributed by atoms with Crippen LogP contribution >= 0.6 is 0 Å². The summed E-state index contributed by atoms with van der Waals surface area (Å²) in [5.74, 6) is -0.784. The molecule has 1 N–H and O–H groups in total. The fourth-order valence-corrected chi connectivity index (χ4v) is 3.62. The smallest absolute Gasteiger partial charge is 0.408 e. The number of piperidine rings is 1. The van der Waals surface area contributed by atoms with Crippen LogP contribution in [0.15, 0.2) is 57.7 Å². The van der Waals surface area contributed by atoms with Gasteiger partial charge in [-0.25, -0.2) is 4.79 Å². The number of aromatic nitrogens is 1. The summed E-state index contributed by atoms with van der Waals surface area (Å²) >= 11 is 0. The van der Waals surface area contributed by atoms with Crippen LogP contribution in [0, 0.1) is 0 Å². The van der Waals surface area contributed by atoms with Crippen LogP contribution in [0.2, 0.25) is 0 Å². The van der Waals surface area contributed by atoms with Crippen LogP contribution in [0.3, 0.4) is 0 Å². The molecule has 1 aliphatic heterocycles.